The van der Waals surface area contributed by atoms with Gasteiger partial charge in [-0.05, 0) is 24.8 Å². The summed E-state index contributed by atoms with van der Waals surface area (Å²) in [5.41, 5.74) is 0. The Labute approximate surface area is 79.5 Å². The zero-order valence-corrected chi connectivity index (χ0v) is 8.42. The highest BCUT2D eigenvalue weighted by Gasteiger charge is 2.34. The monoisotopic (exact) mass is 182 g/mol. The second-order valence-corrected chi connectivity index (χ2v) is 4.49. The van der Waals surface area contributed by atoms with Crippen LogP contribution >= 0.6 is 0 Å². The third-order valence-corrected chi connectivity index (χ3v) is 3.42. The maximum absolute atomic E-state index is 11.8. The second-order valence-electron chi connectivity index (χ2n) is 4.49. The Morgan fingerprint density at radius 2 is 1.85 bits per heavy atom. The van der Waals surface area contributed by atoms with Crippen LogP contribution < -0.4 is 5.32 Å². The van der Waals surface area contributed by atoms with E-state index in [4.69, 9.17) is 0 Å². The first-order valence-electron chi connectivity index (χ1n) is 5.20. The van der Waals surface area contributed by atoms with E-state index in [0.29, 0.717) is 17.7 Å². The number of nitrogens with zero attached hydrogens (tertiary/aromatic N) is 1. The van der Waals surface area contributed by atoms with Crippen LogP contribution in [0.4, 0.5) is 0 Å². The molecule has 0 radical (unpaired) electrons. The van der Waals surface area contributed by atoms with Gasteiger partial charge in [0, 0.05) is 13.1 Å². The van der Waals surface area contributed by atoms with Crippen molar-refractivity contribution in [3.8, 4) is 0 Å². The van der Waals surface area contributed by atoms with Gasteiger partial charge < -0.3 is 10.2 Å². The molecule has 3 nitrogen and oxygen atoms in total. The van der Waals surface area contributed by atoms with Crippen LogP contribution in [-0.2, 0) is 4.79 Å². The zero-order valence-electron chi connectivity index (χ0n) is 8.42. The molecule has 0 spiro atoms. The molecule has 2 aliphatic heterocycles. The first-order chi connectivity index (χ1) is 6.18. The van der Waals surface area contributed by atoms with Gasteiger partial charge >= 0.3 is 0 Å². The van der Waals surface area contributed by atoms with Crippen LogP contribution in [0.15, 0.2) is 0 Å². The summed E-state index contributed by atoms with van der Waals surface area (Å²) in [6.07, 6.45) is 1.03. The van der Waals surface area contributed by atoms with Crippen LogP contribution in [0.5, 0.6) is 0 Å². The molecule has 0 aromatic rings. The molecule has 3 atom stereocenters. The van der Waals surface area contributed by atoms with E-state index < -0.39 is 0 Å². The summed E-state index contributed by atoms with van der Waals surface area (Å²) in [6.45, 7) is 7.38. The van der Waals surface area contributed by atoms with E-state index in [2.05, 4.69) is 19.2 Å². The lowest BCUT2D eigenvalue weighted by Crippen LogP contribution is -2.54. The van der Waals surface area contributed by atoms with Crippen molar-refractivity contribution in [2.45, 2.75) is 26.3 Å². The summed E-state index contributed by atoms with van der Waals surface area (Å²) >= 11 is 0. The summed E-state index contributed by atoms with van der Waals surface area (Å²) in [6, 6.07) is 0.137. The van der Waals surface area contributed by atoms with Crippen LogP contribution in [0.25, 0.3) is 0 Å². The first kappa shape index (κ1) is 9.00. The fourth-order valence-corrected chi connectivity index (χ4v) is 2.03. The van der Waals surface area contributed by atoms with Gasteiger partial charge in [-0.25, -0.2) is 0 Å². The Kier molecular flexibility index (Phi) is 2.28. The molecule has 1 N–H and O–H groups in total. The molecule has 2 saturated heterocycles. The molecule has 0 bridgehead atoms. The third-order valence-electron chi connectivity index (χ3n) is 3.42. The zero-order chi connectivity index (χ0) is 9.42. The maximum Gasteiger partial charge on any atom is 0.239 e. The molecule has 3 heteroatoms. The Morgan fingerprint density at radius 3 is 2.23 bits per heavy atom. The van der Waals surface area contributed by atoms with Gasteiger partial charge in [-0.2, -0.15) is 0 Å². The van der Waals surface area contributed by atoms with Crippen molar-refractivity contribution in [1.82, 2.24) is 10.2 Å². The number of likely N-dealkylation sites (tertiary alicyclic amines) is 1. The normalized spacial score (nSPS) is 38.9. The molecule has 0 aromatic carbocycles. The molecule has 2 fully saturated rings. The molecule has 2 rings (SSSR count). The fourth-order valence-electron chi connectivity index (χ4n) is 2.03. The molecule has 74 valence electrons. The van der Waals surface area contributed by atoms with Gasteiger partial charge in [0.05, 0.1) is 6.04 Å². The third kappa shape index (κ3) is 1.57. The van der Waals surface area contributed by atoms with E-state index in [1.165, 1.54) is 0 Å². The minimum atomic E-state index is 0.137. The van der Waals surface area contributed by atoms with E-state index in [-0.39, 0.29) is 6.04 Å². The molecule has 1 amide bonds. The van der Waals surface area contributed by atoms with E-state index in [0.717, 1.165) is 26.1 Å². The molecule has 2 unspecified atom stereocenters. The van der Waals surface area contributed by atoms with Crippen LogP contribution in [0.1, 0.15) is 20.3 Å². The largest absolute Gasteiger partial charge is 0.341 e. The highest BCUT2D eigenvalue weighted by Crippen LogP contribution is 2.23. The summed E-state index contributed by atoms with van der Waals surface area (Å²) in [7, 11) is 0. The van der Waals surface area contributed by atoms with Gasteiger partial charge in [0.2, 0.25) is 5.91 Å². The smallest absolute Gasteiger partial charge is 0.239 e. The quantitative estimate of drug-likeness (QED) is 0.639. The molecule has 0 aromatic heterocycles. The molecule has 2 aliphatic rings. The highest BCUT2D eigenvalue weighted by molar-refractivity contribution is 5.83. The standard InChI is InChI=1S/C10H18N2O/c1-7-5-12(6-8(7)2)10(13)9-3-4-11-9/h7-9,11H,3-6H2,1-2H3/t7?,8?,9-/m1/s1. The molecule has 2 heterocycles. The average molecular weight is 182 g/mol. The Balaban J connectivity index is 1.91. The summed E-state index contributed by atoms with van der Waals surface area (Å²) in [4.78, 5) is 13.8. The number of nitrogens with one attached hydrogen (secondary N) is 1. The van der Waals surface area contributed by atoms with Gasteiger partial charge in [0.1, 0.15) is 0 Å². The second kappa shape index (κ2) is 3.29. The van der Waals surface area contributed by atoms with Crippen molar-refractivity contribution in [1.29, 1.82) is 0 Å². The molecule has 13 heavy (non-hydrogen) atoms. The Hall–Kier alpha value is -0.570. The van der Waals surface area contributed by atoms with Crippen molar-refractivity contribution in [3.63, 3.8) is 0 Å². The van der Waals surface area contributed by atoms with Crippen LogP contribution in [0.2, 0.25) is 0 Å². The van der Waals surface area contributed by atoms with Gasteiger partial charge in [0.15, 0.2) is 0 Å². The van der Waals surface area contributed by atoms with E-state index in [1.807, 2.05) is 4.90 Å². The van der Waals surface area contributed by atoms with Gasteiger partial charge in [-0.1, -0.05) is 13.8 Å². The minimum absolute atomic E-state index is 0.137. The average Bonchev–Trinajstić information content (AvgIpc) is 2.28. The van der Waals surface area contributed by atoms with Crippen LogP contribution in [0.3, 0.4) is 0 Å². The lowest BCUT2D eigenvalue weighted by atomic mass is 10.0. The van der Waals surface area contributed by atoms with Crippen LogP contribution in [0, 0.1) is 11.8 Å². The Bertz CT molecular complexity index is 203. The van der Waals surface area contributed by atoms with Crippen molar-refractivity contribution >= 4 is 5.91 Å². The summed E-state index contributed by atoms with van der Waals surface area (Å²) in [5, 5.41) is 3.16. The Morgan fingerprint density at radius 1 is 1.31 bits per heavy atom. The van der Waals surface area contributed by atoms with E-state index in [9.17, 15) is 4.79 Å². The number of rotatable bonds is 1. The van der Waals surface area contributed by atoms with Crippen molar-refractivity contribution in [2.75, 3.05) is 19.6 Å². The number of carbonyl (C=O) groups is 1. The maximum atomic E-state index is 11.8. The van der Waals surface area contributed by atoms with Gasteiger partial charge in [0.25, 0.3) is 0 Å². The minimum Gasteiger partial charge on any atom is -0.341 e. The van der Waals surface area contributed by atoms with Crippen LogP contribution in [-0.4, -0.2) is 36.5 Å². The number of hydrogen-bond acceptors (Lipinski definition) is 2. The lowest BCUT2D eigenvalue weighted by molar-refractivity contribution is -0.134. The SMILES string of the molecule is CC1CN(C(=O)[C@H]2CCN2)CC1C. The number of amides is 1. The molecular formula is C10H18N2O. The van der Waals surface area contributed by atoms with Gasteiger partial charge in [-0.15, -0.1) is 0 Å². The highest BCUT2D eigenvalue weighted by atomic mass is 16.2. The topological polar surface area (TPSA) is 32.3 Å². The number of carbonyl (C=O) groups excluding carboxylic acids is 1. The molecule has 0 saturated carbocycles. The lowest BCUT2D eigenvalue weighted by Gasteiger charge is -2.30. The van der Waals surface area contributed by atoms with E-state index in [1.54, 1.807) is 0 Å². The fraction of sp³-hybridized carbons (Fsp3) is 0.900. The summed E-state index contributed by atoms with van der Waals surface area (Å²) in [5.74, 6) is 1.66. The van der Waals surface area contributed by atoms with Crippen molar-refractivity contribution in [2.24, 2.45) is 11.8 Å². The van der Waals surface area contributed by atoms with Crippen molar-refractivity contribution < 1.29 is 4.79 Å². The molecule has 0 aliphatic carbocycles. The number of hydrogen-bond donors (Lipinski definition) is 1. The van der Waals surface area contributed by atoms with E-state index >= 15 is 0 Å². The van der Waals surface area contributed by atoms with Crippen molar-refractivity contribution in [3.05, 3.63) is 0 Å². The predicted octanol–water partition coefficient (Wildman–Crippen LogP) is 0.463. The summed E-state index contributed by atoms with van der Waals surface area (Å²) < 4.78 is 0. The predicted molar refractivity (Wildman–Crippen MR) is 51.3 cm³/mol. The first-order valence-corrected chi connectivity index (χ1v) is 5.20. The van der Waals surface area contributed by atoms with Gasteiger partial charge in [-0.3, -0.25) is 4.79 Å². The molecular weight excluding hydrogens is 164 g/mol.